The molecule has 126 valence electrons. The molecule has 4 nitrogen and oxygen atoms in total. The van der Waals surface area contributed by atoms with E-state index in [2.05, 4.69) is 20.9 Å². The predicted molar refractivity (Wildman–Crippen MR) is 93.4 cm³/mol. The van der Waals surface area contributed by atoms with E-state index in [9.17, 15) is 9.18 Å². The molecule has 1 aliphatic rings. The van der Waals surface area contributed by atoms with Crippen LogP contribution in [0.3, 0.4) is 0 Å². The molecule has 2 aromatic rings. The standard InChI is InChI=1S/C19H22FN3O/c1-14-21-18(12-19(24)22-14)16-5-3-11-23(13-16)10-2-4-15-6-8-17(20)9-7-15/h2,4,6-9,12,16H,3,5,10-11,13H2,1H3,(H,21,22,24)/b4-2+/t16-/m1/s1. The topological polar surface area (TPSA) is 49.0 Å². The minimum Gasteiger partial charge on any atom is -0.311 e. The van der Waals surface area contributed by atoms with Gasteiger partial charge in [-0.25, -0.2) is 9.37 Å². The first kappa shape index (κ1) is 16.6. The summed E-state index contributed by atoms with van der Waals surface area (Å²) in [5, 5.41) is 0. The predicted octanol–water partition coefficient (Wildman–Crippen LogP) is 3.11. The first-order valence-electron chi connectivity index (χ1n) is 8.32. The van der Waals surface area contributed by atoms with E-state index in [1.165, 1.54) is 12.1 Å². The van der Waals surface area contributed by atoms with Crippen LogP contribution in [0.2, 0.25) is 0 Å². The molecule has 0 aliphatic carbocycles. The van der Waals surface area contributed by atoms with Crippen molar-refractivity contribution < 1.29 is 4.39 Å². The van der Waals surface area contributed by atoms with Gasteiger partial charge >= 0.3 is 0 Å². The van der Waals surface area contributed by atoms with E-state index in [4.69, 9.17) is 0 Å². The second-order valence-electron chi connectivity index (χ2n) is 6.31. The average Bonchev–Trinajstić information content (AvgIpc) is 2.56. The fourth-order valence-corrected chi connectivity index (χ4v) is 3.19. The van der Waals surface area contributed by atoms with Crippen LogP contribution in [0.4, 0.5) is 4.39 Å². The third-order valence-electron chi connectivity index (χ3n) is 4.35. The van der Waals surface area contributed by atoms with Crippen molar-refractivity contribution in [2.75, 3.05) is 19.6 Å². The van der Waals surface area contributed by atoms with Gasteiger partial charge in [-0.05, 0) is 44.0 Å². The largest absolute Gasteiger partial charge is 0.311 e. The van der Waals surface area contributed by atoms with Gasteiger partial charge in [-0.2, -0.15) is 0 Å². The van der Waals surface area contributed by atoms with Gasteiger partial charge in [0.15, 0.2) is 0 Å². The monoisotopic (exact) mass is 327 g/mol. The van der Waals surface area contributed by atoms with Crippen LogP contribution in [-0.4, -0.2) is 34.5 Å². The second kappa shape index (κ2) is 7.53. The van der Waals surface area contributed by atoms with E-state index in [1.807, 2.05) is 13.0 Å². The van der Waals surface area contributed by atoms with Gasteiger partial charge in [0, 0.05) is 25.1 Å². The lowest BCUT2D eigenvalue weighted by Crippen LogP contribution is -2.35. The minimum atomic E-state index is -0.216. The van der Waals surface area contributed by atoms with Crippen LogP contribution in [0.5, 0.6) is 0 Å². The molecule has 1 fully saturated rings. The normalized spacial score (nSPS) is 19.0. The molecular formula is C19H22FN3O. The molecule has 1 aromatic heterocycles. The molecule has 0 spiro atoms. The number of aromatic amines is 1. The molecule has 24 heavy (non-hydrogen) atoms. The molecule has 0 amide bonds. The maximum absolute atomic E-state index is 12.9. The lowest BCUT2D eigenvalue weighted by atomic mass is 9.94. The van der Waals surface area contributed by atoms with Crippen LogP contribution in [-0.2, 0) is 0 Å². The van der Waals surface area contributed by atoms with Crippen molar-refractivity contribution in [3.05, 3.63) is 69.7 Å². The summed E-state index contributed by atoms with van der Waals surface area (Å²) in [4.78, 5) is 21.2. The van der Waals surface area contributed by atoms with Crippen molar-refractivity contribution in [1.82, 2.24) is 14.9 Å². The number of hydrogen-bond donors (Lipinski definition) is 1. The van der Waals surface area contributed by atoms with E-state index in [1.54, 1.807) is 18.2 Å². The lowest BCUT2D eigenvalue weighted by Gasteiger charge is -2.31. The zero-order chi connectivity index (χ0) is 16.9. The smallest absolute Gasteiger partial charge is 0.251 e. The van der Waals surface area contributed by atoms with E-state index in [0.717, 1.165) is 43.7 Å². The molecule has 0 saturated carbocycles. The summed E-state index contributed by atoms with van der Waals surface area (Å²) in [6, 6.07) is 8.10. The molecule has 1 aromatic carbocycles. The highest BCUT2D eigenvalue weighted by molar-refractivity contribution is 5.48. The maximum Gasteiger partial charge on any atom is 0.251 e. The Labute approximate surface area is 141 Å². The van der Waals surface area contributed by atoms with Gasteiger partial charge in [-0.3, -0.25) is 9.69 Å². The van der Waals surface area contributed by atoms with Crippen LogP contribution in [0.15, 0.2) is 41.2 Å². The second-order valence-corrected chi connectivity index (χ2v) is 6.31. The zero-order valence-electron chi connectivity index (χ0n) is 13.8. The molecule has 1 atom stereocenters. The molecule has 0 unspecified atom stereocenters. The molecule has 1 aliphatic heterocycles. The maximum atomic E-state index is 12.9. The third-order valence-corrected chi connectivity index (χ3v) is 4.35. The van der Waals surface area contributed by atoms with Crippen LogP contribution in [0, 0.1) is 12.7 Å². The highest BCUT2D eigenvalue weighted by Gasteiger charge is 2.22. The summed E-state index contributed by atoms with van der Waals surface area (Å²) in [6.45, 7) is 4.61. The van der Waals surface area contributed by atoms with Crippen molar-refractivity contribution in [2.45, 2.75) is 25.7 Å². The minimum absolute atomic E-state index is 0.0779. The van der Waals surface area contributed by atoms with Gasteiger partial charge in [0.2, 0.25) is 0 Å². The highest BCUT2D eigenvalue weighted by Crippen LogP contribution is 2.24. The Morgan fingerprint density at radius 3 is 2.92 bits per heavy atom. The summed E-state index contributed by atoms with van der Waals surface area (Å²) in [7, 11) is 0. The molecule has 5 heteroatoms. The van der Waals surface area contributed by atoms with Gasteiger partial charge < -0.3 is 4.98 Å². The fraction of sp³-hybridized carbons (Fsp3) is 0.368. The SMILES string of the molecule is Cc1nc([C@@H]2CCCN(C/C=C/c3ccc(F)cc3)C2)cc(=O)[nH]1. The molecule has 0 radical (unpaired) electrons. The van der Waals surface area contributed by atoms with Crippen LogP contribution in [0.1, 0.15) is 35.8 Å². The first-order chi connectivity index (χ1) is 11.6. The number of hydrogen-bond acceptors (Lipinski definition) is 3. The fourth-order valence-electron chi connectivity index (χ4n) is 3.19. The van der Waals surface area contributed by atoms with Gasteiger partial charge in [0.1, 0.15) is 11.6 Å². The number of rotatable bonds is 4. The Balaban J connectivity index is 1.61. The molecular weight excluding hydrogens is 305 g/mol. The quantitative estimate of drug-likeness (QED) is 0.939. The lowest BCUT2D eigenvalue weighted by molar-refractivity contribution is 0.226. The van der Waals surface area contributed by atoms with Gasteiger partial charge in [0.25, 0.3) is 5.56 Å². The molecule has 1 saturated heterocycles. The number of aryl methyl sites for hydroxylation is 1. The summed E-state index contributed by atoms with van der Waals surface area (Å²) in [6.07, 6.45) is 6.28. The zero-order valence-corrected chi connectivity index (χ0v) is 13.8. The average molecular weight is 327 g/mol. The van der Waals surface area contributed by atoms with E-state index < -0.39 is 0 Å². The Hall–Kier alpha value is -2.27. The highest BCUT2D eigenvalue weighted by atomic mass is 19.1. The summed E-state index contributed by atoms with van der Waals surface area (Å²) in [5.41, 5.74) is 1.81. The number of aromatic nitrogens is 2. The van der Waals surface area contributed by atoms with E-state index in [-0.39, 0.29) is 11.4 Å². The summed E-state index contributed by atoms with van der Waals surface area (Å²) >= 11 is 0. The Morgan fingerprint density at radius 2 is 2.17 bits per heavy atom. The molecule has 1 N–H and O–H groups in total. The number of likely N-dealkylation sites (tertiary alicyclic amines) is 1. The third kappa shape index (κ3) is 4.38. The molecule has 3 rings (SSSR count). The Kier molecular flexibility index (Phi) is 5.20. The van der Waals surface area contributed by atoms with Crippen LogP contribution in [0.25, 0.3) is 6.08 Å². The Morgan fingerprint density at radius 1 is 1.38 bits per heavy atom. The van der Waals surface area contributed by atoms with Crippen molar-refractivity contribution >= 4 is 6.08 Å². The van der Waals surface area contributed by atoms with E-state index in [0.29, 0.717) is 11.7 Å². The van der Waals surface area contributed by atoms with Crippen molar-refractivity contribution in [2.24, 2.45) is 0 Å². The number of piperidine rings is 1. The number of benzene rings is 1. The number of nitrogens with one attached hydrogen (secondary N) is 1. The molecule has 0 bridgehead atoms. The van der Waals surface area contributed by atoms with Gasteiger partial charge in [-0.1, -0.05) is 24.3 Å². The Bertz CT molecular complexity index is 767. The van der Waals surface area contributed by atoms with Gasteiger partial charge in [-0.15, -0.1) is 0 Å². The summed E-state index contributed by atoms with van der Waals surface area (Å²) in [5.74, 6) is 0.761. The van der Waals surface area contributed by atoms with Crippen LogP contribution >= 0.6 is 0 Å². The van der Waals surface area contributed by atoms with Crippen LogP contribution < -0.4 is 5.56 Å². The van der Waals surface area contributed by atoms with Gasteiger partial charge in [0.05, 0.1) is 5.69 Å². The van der Waals surface area contributed by atoms with Crippen molar-refractivity contribution in [3.63, 3.8) is 0 Å². The van der Waals surface area contributed by atoms with Crippen molar-refractivity contribution in [3.8, 4) is 0 Å². The molecule has 2 heterocycles. The number of H-pyrrole nitrogens is 1. The first-order valence-corrected chi connectivity index (χ1v) is 8.32. The number of halogens is 1. The summed E-state index contributed by atoms with van der Waals surface area (Å²) < 4.78 is 12.9. The van der Waals surface area contributed by atoms with Crippen molar-refractivity contribution in [1.29, 1.82) is 0 Å². The van der Waals surface area contributed by atoms with E-state index >= 15 is 0 Å². The number of nitrogens with zero attached hydrogens (tertiary/aromatic N) is 2.